The summed E-state index contributed by atoms with van der Waals surface area (Å²) in [7, 11) is 0. The van der Waals surface area contributed by atoms with Crippen molar-refractivity contribution in [1.82, 2.24) is 0 Å². The first-order chi connectivity index (χ1) is 10.8. The van der Waals surface area contributed by atoms with Gasteiger partial charge in [0.05, 0.1) is 11.4 Å². The highest BCUT2D eigenvalue weighted by atomic mass is 16.2. The van der Waals surface area contributed by atoms with E-state index in [1.54, 1.807) is 0 Å². The Morgan fingerprint density at radius 3 is 2.32 bits per heavy atom. The lowest BCUT2D eigenvalue weighted by atomic mass is 10.1. The van der Waals surface area contributed by atoms with Gasteiger partial charge < -0.3 is 0 Å². The van der Waals surface area contributed by atoms with E-state index in [9.17, 15) is 4.79 Å². The first-order valence-electron chi connectivity index (χ1n) is 7.01. The zero-order valence-corrected chi connectivity index (χ0v) is 12.2. The molecule has 0 radical (unpaired) electrons. The third kappa shape index (κ3) is 2.86. The molecule has 0 aromatic heterocycles. The van der Waals surface area contributed by atoms with Crippen molar-refractivity contribution < 1.29 is 4.79 Å². The number of anilines is 1. The summed E-state index contributed by atoms with van der Waals surface area (Å²) in [5, 5.41) is 11.6. The largest absolute Gasteiger partial charge is 0.273 e. The van der Waals surface area contributed by atoms with Crippen LogP contribution in [0.2, 0.25) is 0 Å². The molecule has 22 heavy (non-hydrogen) atoms. The molecule has 1 amide bonds. The molecule has 3 aromatic rings. The fourth-order valence-corrected chi connectivity index (χ4v) is 2.26. The van der Waals surface area contributed by atoms with Gasteiger partial charge in [-0.05, 0) is 23.6 Å². The van der Waals surface area contributed by atoms with Crippen LogP contribution in [0.15, 0.2) is 83.1 Å². The van der Waals surface area contributed by atoms with Crippen molar-refractivity contribution in [3.05, 3.63) is 72.8 Å². The monoisotopic (exact) mass is 289 g/mol. The Labute approximate surface area is 128 Å². The quantitative estimate of drug-likeness (QED) is 0.500. The molecule has 3 aromatic carbocycles. The van der Waals surface area contributed by atoms with Gasteiger partial charge in [0, 0.05) is 12.3 Å². The number of fused-ring (bicyclic) bond motifs is 1. The van der Waals surface area contributed by atoms with Crippen LogP contribution >= 0.6 is 0 Å². The summed E-state index contributed by atoms with van der Waals surface area (Å²) >= 11 is 0. The molecule has 0 heterocycles. The van der Waals surface area contributed by atoms with Gasteiger partial charge in [0.25, 0.3) is 0 Å². The molecule has 0 unspecified atom stereocenters. The Morgan fingerprint density at radius 2 is 1.55 bits per heavy atom. The van der Waals surface area contributed by atoms with Gasteiger partial charge in [0.2, 0.25) is 5.91 Å². The zero-order chi connectivity index (χ0) is 15.4. The molecule has 0 aliphatic heterocycles. The smallest absolute Gasteiger partial charge is 0.245 e. The summed E-state index contributed by atoms with van der Waals surface area (Å²) in [5.74, 6) is -0.184. The van der Waals surface area contributed by atoms with Crippen molar-refractivity contribution in [2.24, 2.45) is 10.3 Å². The molecule has 0 bridgehead atoms. The second-order valence-electron chi connectivity index (χ2n) is 4.85. The lowest BCUT2D eigenvalue weighted by Crippen LogP contribution is -2.21. The van der Waals surface area contributed by atoms with Crippen molar-refractivity contribution in [1.29, 1.82) is 0 Å². The molecule has 0 aliphatic rings. The maximum atomic E-state index is 12.0. The summed E-state index contributed by atoms with van der Waals surface area (Å²) in [5.41, 5.74) is 1.43. The summed E-state index contributed by atoms with van der Waals surface area (Å²) in [6, 6.07) is 23.0. The van der Waals surface area contributed by atoms with Gasteiger partial charge in [0.1, 0.15) is 0 Å². The van der Waals surface area contributed by atoms with Gasteiger partial charge in [-0.25, -0.2) is 0 Å². The van der Waals surface area contributed by atoms with E-state index >= 15 is 0 Å². The Balaban J connectivity index is 2.04. The predicted molar refractivity (Wildman–Crippen MR) is 88.1 cm³/mol. The minimum atomic E-state index is -0.184. The van der Waals surface area contributed by atoms with Crippen molar-refractivity contribution in [3.8, 4) is 0 Å². The van der Waals surface area contributed by atoms with Crippen LogP contribution in [0.25, 0.3) is 10.8 Å². The molecule has 0 atom stereocenters. The Kier molecular flexibility index (Phi) is 3.92. The number of carbonyl (C=O) groups excluding carboxylic acids is 1. The molecular weight excluding hydrogens is 274 g/mol. The molecule has 4 nitrogen and oxygen atoms in total. The van der Waals surface area contributed by atoms with E-state index < -0.39 is 0 Å². The normalized spacial score (nSPS) is 11.0. The van der Waals surface area contributed by atoms with Gasteiger partial charge in [-0.3, -0.25) is 4.79 Å². The Bertz CT molecular complexity index is 823. The Hall–Kier alpha value is -3.01. The van der Waals surface area contributed by atoms with Crippen molar-refractivity contribution in [2.75, 3.05) is 5.01 Å². The minimum Gasteiger partial charge on any atom is -0.273 e. The molecule has 3 rings (SSSR count). The fourth-order valence-electron chi connectivity index (χ4n) is 2.26. The van der Waals surface area contributed by atoms with Crippen molar-refractivity contribution in [3.63, 3.8) is 0 Å². The van der Waals surface area contributed by atoms with E-state index in [2.05, 4.69) is 10.3 Å². The highest BCUT2D eigenvalue weighted by Crippen LogP contribution is 2.27. The van der Waals surface area contributed by atoms with Gasteiger partial charge >= 0.3 is 0 Å². The molecule has 0 aliphatic carbocycles. The van der Waals surface area contributed by atoms with Gasteiger partial charge in [-0.2, -0.15) is 5.01 Å². The maximum Gasteiger partial charge on any atom is 0.245 e. The van der Waals surface area contributed by atoms with E-state index in [0.717, 1.165) is 16.5 Å². The number of amides is 1. The van der Waals surface area contributed by atoms with Crippen LogP contribution in [-0.4, -0.2) is 5.91 Å². The molecule has 0 N–H and O–H groups in total. The number of benzene rings is 3. The van der Waals surface area contributed by atoms with E-state index in [1.807, 2.05) is 72.8 Å². The van der Waals surface area contributed by atoms with Crippen LogP contribution in [0.3, 0.4) is 0 Å². The topological polar surface area (TPSA) is 45.0 Å². The van der Waals surface area contributed by atoms with Crippen molar-refractivity contribution in [2.45, 2.75) is 6.92 Å². The SMILES string of the molecule is CC(=O)N(N=Nc1ccccc1)c1cccc2ccccc12. The van der Waals surface area contributed by atoms with E-state index in [1.165, 1.54) is 11.9 Å². The summed E-state index contributed by atoms with van der Waals surface area (Å²) in [4.78, 5) is 12.0. The van der Waals surface area contributed by atoms with Crippen LogP contribution in [0.1, 0.15) is 6.92 Å². The molecule has 108 valence electrons. The summed E-state index contributed by atoms with van der Waals surface area (Å²) in [6.07, 6.45) is 0. The van der Waals surface area contributed by atoms with Crippen LogP contribution < -0.4 is 5.01 Å². The molecule has 0 saturated carbocycles. The molecule has 0 saturated heterocycles. The highest BCUT2D eigenvalue weighted by Gasteiger charge is 2.13. The zero-order valence-electron chi connectivity index (χ0n) is 12.2. The number of nitrogens with zero attached hydrogens (tertiary/aromatic N) is 3. The maximum absolute atomic E-state index is 12.0. The third-order valence-electron chi connectivity index (χ3n) is 3.30. The molecular formula is C18H15N3O. The van der Waals surface area contributed by atoms with Crippen LogP contribution in [0.5, 0.6) is 0 Å². The van der Waals surface area contributed by atoms with E-state index in [-0.39, 0.29) is 5.91 Å². The standard InChI is InChI=1S/C18H15N3O/c1-14(22)21(20-19-16-10-3-2-4-11-16)18-13-7-9-15-8-5-6-12-17(15)18/h2-13H,1H3. The first kappa shape index (κ1) is 13.9. The minimum absolute atomic E-state index is 0.184. The van der Waals surface area contributed by atoms with Gasteiger partial charge in [-0.15, -0.1) is 5.11 Å². The molecule has 0 spiro atoms. The number of hydrogen-bond donors (Lipinski definition) is 0. The number of carbonyl (C=O) groups is 1. The van der Waals surface area contributed by atoms with Crippen LogP contribution in [0.4, 0.5) is 11.4 Å². The second kappa shape index (κ2) is 6.18. The molecule has 0 fully saturated rings. The van der Waals surface area contributed by atoms with E-state index in [4.69, 9.17) is 0 Å². The molecule has 4 heteroatoms. The van der Waals surface area contributed by atoms with Crippen molar-refractivity contribution >= 4 is 28.1 Å². The third-order valence-corrected chi connectivity index (χ3v) is 3.30. The predicted octanol–water partition coefficient (Wildman–Crippen LogP) is 4.89. The van der Waals surface area contributed by atoms with Crippen LogP contribution in [-0.2, 0) is 4.79 Å². The number of hydrogen-bond acceptors (Lipinski definition) is 3. The fraction of sp³-hybridized carbons (Fsp3) is 0.0556. The first-order valence-corrected chi connectivity index (χ1v) is 7.01. The average Bonchev–Trinajstić information content (AvgIpc) is 2.56. The summed E-state index contributed by atoms with van der Waals surface area (Å²) < 4.78 is 0. The lowest BCUT2D eigenvalue weighted by molar-refractivity contribution is -0.116. The second-order valence-corrected chi connectivity index (χ2v) is 4.85. The lowest BCUT2D eigenvalue weighted by Gasteiger charge is -2.15. The van der Waals surface area contributed by atoms with Gasteiger partial charge in [0.15, 0.2) is 0 Å². The number of rotatable bonds is 3. The highest BCUT2D eigenvalue weighted by molar-refractivity contribution is 6.02. The Morgan fingerprint density at radius 1 is 0.864 bits per heavy atom. The summed E-state index contributed by atoms with van der Waals surface area (Å²) in [6.45, 7) is 1.48. The van der Waals surface area contributed by atoms with Crippen LogP contribution in [0, 0.1) is 0 Å². The average molecular weight is 289 g/mol. The van der Waals surface area contributed by atoms with Gasteiger partial charge in [-0.1, -0.05) is 59.8 Å². The van der Waals surface area contributed by atoms with E-state index in [0.29, 0.717) is 5.69 Å².